The molecule has 0 spiro atoms. The standard InChI is InChI=1S/C25H21N3O3S/c1-17-8-13-23(18(2)14-17)27-15-22(19-6-4-3-5-7-19)26-25(27)32-16-24(29)20-9-11-21(12-10-20)28(30)31/h3-15H,16H2,1-2H3. The predicted octanol–water partition coefficient (Wildman–Crippen LogP) is 6.04. The molecule has 3 aromatic carbocycles. The number of carbonyl (C=O) groups is 1. The van der Waals surface area contributed by atoms with Crippen molar-refractivity contribution in [1.82, 2.24) is 9.55 Å². The Kier molecular flexibility index (Phi) is 6.18. The van der Waals surface area contributed by atoms with Crippen molar-refractivity contribution in [1.29, 1.82) is 0 Å². The van der Waals surface area contributed by atoms with Crippen LogP contribution in [0, 0.1) is 24.0 Å². The Labute approximate surface area is 190 Å². The summed E-state index contributed by atoms with van der Waals surface area (Å²) in [5, 5.41) is 11.6. The number of thioether (sulfide) groups is 1. The fraction of sp³-hybridized carbons (Fsp3) is 0.120. The highest BCUT2D eigenvalue weighted by Gasteiger charge is 2.16. The molecule has 1 aromatic heterocycles. The van der Waals surface area contributed by atoms with Crippen LogP contribution in [0.4, 0.5) is 5.69 Å². The summed E-state index contributed by atoms with van der Waals surface area (Å²) in [6.07, 6.45) is 1.99. The Bertz CT molecular complexity index is 1280. The van der Waals surface area contributed by atoms with Crippen molar-refractivity contribution in [3.63, 3.8) is 0 Å². The molecule has 0 saturated heterocycles. The van der Waals surface area contributed by atoms with Crippen molar-refractivity contribution in [2.45, 2.75) is 19.0 Å². The second-order valence-electron chi connectivity index (χ2n) is 7.45. The second kappa shape index (κ2) is 9.20. The van der Waals surface area contributed by atoms with Crippen molar-refractivity contribution in [3.8, 4) is 16.9 Å². The first-order valence-electron chi connectivity index (χ1n) is 10.1. The van der Waals surface area contributed by atoms with E-state index in [1.165, 1.54) is 41.6 Å². The van der Waals surface area contributed by atoms with Gasteiger partial charge in [0.1, 0.15) is 0 Å². The number of imidazole rings is 1. The van der Waals surface area contributed by atoms with Crippen LogP contribution in [0.15, 0.2) is 84.1 Å². The lowest BCUT2D eigenvalue weighted by molar-refractivity contribution is -0.384. The number of carbonyl (C=O) groups excluding carboxylic acids is 1. The quantitative estimate of drug-likeness (QED) is 0.151. The first-order chi connectivity index (χ1) is 15.4. The molecule has 32 heavy (non-hydrogen) atoms. The maximum Gasteiger partial charge on any atom is 0.269 e. The van der Waals surface area contributed by atoms with Crippen LogP contribution in [-0.2, 0) is 0 Å². The molecule has 0 saturated carbocycles. The van der Waals surface area contributed by atoms with Crippen molar-refractivity contribution in [3.05, 3.63) is 106 Å². The highest BCUT2D eigenvalue weighted by molar-refractivity contribution is 7.99. The monoisotopic (exact) mass is 443 g/mol. The van der Waals surface area contributed by atoms with Gasteiger partial charge in [-0.1, -0.05) is 59.8 Å². The molecule has 4 aromatic rings. The number of aromatic nitrogens is 2. The molecule has 0 aliphatic carbocycles. The molecule has 7 heteroatoms. The fourth-order valence-electron chi connectivity index (χ4n) is 3.44. The second-order valence-corrected chi connectivity index (χ2v) is 8.39. The van der Waals surface area contributed by atoms with E-state index in [9.17, 15) is 14.9 Å². The molecule has 0 radical (unpaired) electrons. The summed E-state index contributed by atoms with van der Waals surface area (Å²) in [6.45, 7) is 4.11. The van der Waals surface area contributed by atoms with Gasteiger partial charge in [0, 0.05) is 29.5 Å². The molecular formula is C25H21N3O3S. The van der Waals surface area contributed by atoms with Gasteiger partial charge in [-0.3, -0.25) is 19.5 Å². The molecule has 6 nitrogen and oxygen atoms in total. The Morgan fingerprint density at radius 1 is 1.03 bits per heavy atom. The summed E-state index contributed by atoms with van der Waals surface area (Å²) < 4.78 is 2.02. The van der Waals surface area contributed by atoms with Crippen LogP contribution in [0.3, 0.4) is 0 Å². The summed E-state index contributed by atoms with van der Waals surface area (Å²) in [4.78, 5) is 27.9. The lowest BCUT2D eigenvalue weighted by Gasteiger charge is -2.11. The van der Waals surface area contributed by atoms with E-state index in [0.29, 0.717) is 10.7 Å². The van der Waals surface area contributed by atoms with Crippen molar-refractivity contribution in [2.75, 3.05) is 5.75 Å². The Hall–Kier alpha value is -3.71. The van der Waals surface area contributed by atoms with E-state index in [4.69, 9.17) is 4.98 Å². The lowest BCUT2D eigenvalue weighted by Crippen LogP contribution is -2.05. The molecule has 0 aliphatic heterocycles. The zero-order valence-electron chi connectivity index (χ0n) is 17.7. The molecule has 0 bridgehead atoms. The molecule has 0 aliphatic rings. The molecule has 0 fully saturated rings. The molecule has 0 atom stereocenters. The number of nitrogens with zero attached hydrogens (tertiary/aromatic N) is 3. The first-order valence-corrected chi connectivity index (χ1v) is 11.0. The summed E-state index contributed by atoms with van der Waals surface area (Å²) in [7, 11) is 0. The Morgan fingerprint density at radius 2 is 1.75 bits per heavy atom. The van der Waals surface area contributed by atoms with Crippen LogP contribution >= 0.6 is 11.8 Å². The summed E-state index contributed by atoms with van der Waals surface area (Å²) in [6, 6.07) is 21.8. The number of Topliss-reactive ketones (excluding diaryl/α,β-unsaturated/α-hetero) is 1. The molecule has 0 unspecified atom stereocenters. The number of ketones is 1. The number of nitro benzene ring substituents is 1. The van der Waals surface area contributed by atoms with Crippen LogP contribution in [-0.4, -0.2) is 26.0 Å². The summed E-state index contributed by atoms with van der Waals surface area (Å²) in [5.74, 6) is 0.0647. The SMILES string of the molecule is Cc1ccc(-n2cc(-c3ccccc3)nc2SCC(=O)c2ccc([N+](=O)[O-])cc2)c(C)c1. The van der Waals surface area contributed by atoms with Gasteiger partial charge in [-0.15, -0.1) is 0 Å². The predicted molar refractivity (Wildman–Crippen MR) is 127 cm³/mol. The number of hydrogen-bond acceptors (Lipinski definition) is 5. The van der Waals surface area contributed by atoms with Gasteiger partial charge in [0.15, 0.2) is 10.9 Å². The average Bonchev–Trinajstić information content (AvgIpc) is 3.22. The minimum Gasteiger partial charge on any atom is -0.294 e. The minimum absolute atomic E-state index is 0.0351. The lowest BCUT2D eigenvalue weighted by atomic mass is 10.1. The number of hydrogen-bond donors (Lipinski definition) is 0. The summed E-state index contributed by atoms with van der Waals surface area (Å²) in [5.41, 5.74) is 5.54. The highest BCUT2D eigenvalue weighted by Crippen LogP contribution is 2.29. The van der Waals surface area contributed by atoms with E-state index in [1.807, 2.05) is 41.1 Å². The zero-order valence-corrected chi connectivity index (χ0v) is 18.5. The summed E-state index contributed by atoms with van der Waals surface area (Å²) >= 11 is 1.35. The highest BCUT2D eigenvalue weighted by atomic mass is 32.2. The van der Waals surface area contributed by atoms with Crippen LogP contribution in [0.1, 0.15) is 21.5 Å². The number of rotatable bonds is 7. The number of nitro groups is 1. The Morgan fingerprint density at radius 3 is 2.41 bits per heavy atom. The van der Waals surface area contributed by atoms with Gasteiger partial charge in [-0.05, 0) is 37.6 Å². The van der Waals surface area contributed by atoms with Crippen molar-refractivity contribution >= 4 is 23.2 Å². The van der Waals surface area contributed by atoms with Gasteiger partial charge >= 0.3 is 0 Å². The number of aryl methyl sites for hydroxylation is 2. The topological polar surface area (TPSA) is 78.0 Å². The van der Waals surface area contributed by atoms with Crippen LogP contribution < -0.4 is 0 Å². The van der Waals surface area contributed by atoms with Gasteiger partial charge in [0.2, 0.25) is 0 Å². The van der Waals surface area contributed by atoms with E-state index >= 15 is 0 Å². The van der Waals surface area contributed by atoms with E-state index in [-0.39, 0.29) is 17.2 Å². The number of non-ortho nitro benzene ring substituents is 1. The van der Waals surface area contributed by atoms with E-state index < -0.39 is 4.92 Å². The normalized spacial score (nSPS) is 10.8. The third kappa shape index (κ3) is 4.63. The third-order valence-electron chi connectivity index (χ3n) is 5.09. The largest absolute Gasteiger partial charge is 0.294 e. The third-order valence-corrected chi connectivity index (χ3v) is 6.04. The molecule has 0 N–H and O–H groups in total. The van der Waals surface area contributed by atoms with Crippen molar-refractivity contribution < 1.29 is 9.72 Å². The first kappa shape index (κ1) is 21.5. The smallest absolute Gasteiger partial charge is 0.269 e. The van der Waals surface area contributed by atoms with Gasteiger partial charge in [0.05, 0.1) is 22.1 Å². The Balaban J connectivity index is 1.64. The fourth-order valence-corrected chi connectivity index (χ4v) is 4.32. The van der Waals surface area contributed by atoms with E-state index in [1.54, 1.807) is 0 Å². The molecule has 4 rings (SSSR count). The molecule has 1 heterocycles. The maximum absolute atomic E-state index is 12.7. The van der Waals surface area contributed by atoms with Gasteiger partial charge < -0.3 is 0 Å². The number of benzene rings is 3. The van der Waals surface area contributed by atoms with Crippen LogP contribution in [0.5, 0.6) is 0 Å². The molecule has 0 amide bonds. The van der Waals surface area contributed by atoms with Gasteiger partial charge in [-0.25, -0.2) is 4.98 Å². The van der Waals surface area contributed by atoms with E-state index in [0.717, 1.165) is 22.5 Å². The maximum atomic E-state index is 12.7. The van der Waals surface area contributed by atoms with Gasteiger partial charge in [-0.2, -0.15) is 0 Å². The molecule has 160 valence electrons. The van der Waals surface area contributed by atoms with Gasteiger partial charge in [0.25, 0.3) is 5.69 Å². The zero-order chi connectivity index (χ0) is 22.7. The van der Waals surface area contributed by atoms with Crippen molar-refractivity contribution in [2.24, 2.45) is 0 Å². The van der Waals surface area contributed by atoms with Crippen LogP contribution in [0.2, 0.25) is 0 Å². The van der Waals surface area contributed by atoms with Crippen LogP contribution in [0.25, 0.3) is 16.9 Å². The molecular weight excluding hydrogens is 422 g/mol. The van der Waals surface area contributed by atoms with E-state index in [2.05, 4.69) is 32.0 Å². The minimum atomic E-state index is -0.477. The average molecular weight is 444 g/mol.